The van der Waals surface area contributed by atoms with Gasteiger partial charge in [-0.15, -0.1) is 0 Å². The van der Waals surface area contributed by atoms with E-state index in [0.29, 0.717) is 17.6 Å². The molecule has 0 spiro atoms. The van der Waals surface area contributed by atoms with Gasteiger partial charge in [-0.1, -0.05) is 41.5 Å². The second-order valence-electron chi connectivity index (χ2n) is 6.24. The Morgan fingerprint density at radius 1 is 1.06 bits per heavy atom. The van der Waals surface area contributed by atoms with Crippen molar-refractivity contribution >= 4 is 5.78 Å². The topological polar surface area (TPSA) is 29.1 Å². The van der Waals surface area contributed by atoms with Crippen molar-refractivity contribution in [3.63, 3.8) is 0 Å². The second-order valence-corrected chi connectivity index (χ2v) is 6.24. The molecule has 0 heterocycles. The molecule has 0 amide bonds. The van der Waals surface area contributed by atoms with E-state index >= 15 is 0 Å². The summed E-state index contributed by atoms with van der Waals surface area (Å²) in [7, 11) is 1.99. The second kappa shape index (κ2) is 8.68. The number of nitrogens with one attached hydrogen (secondary N) is 1. The molecule has 0 unspecified atom stereocenters. The summed E-state index contributed by atoms with van der Waals surface area (Å²) in [5.74, 6) is 0.300. The molecule has 0 aromatic rings. The zero-order chi connectivity index (χ0) is 14.1. The van der Waals surface area contributed by atoms with E-state index in [2.05, 4.69) is 33.0 Å². The molecule has 0 saturated carbocycles. The molecule has 0 fully saturated rings. The Labute approximate surface area is 109 Å². The van der Waals surface area contributed by atoms with Crippen molar-refractivity contribution in [1.29, 1.82) is 0 Å². The molecule has 1 N–H and O–H groups in total. The number of hydrogen-bond acceptors (Lipinski definition) is 2. The predicted octanol–water partition coefficient (Wildman–Crippen LogP) is 4.04. The van der Waals surface area contributed by atoms with E-state index in [9.17, 15) is 4.79 Å². The summed E-state index contributed by atoms with van der Waals surface area (Å²) >= 11 is 0. The maximum absolute atomic E-state index is 11.0. The van der Waals surface area contributed by atoms with Crippen LogP contribution in [0.15, 0.2) is 0 Å². The standard InChI is InChI=1S/C13H27NO.C2H6/c1-11(15)7-8-12(2,3)9-13(4,5)10-14-6;1-2/h14H,7-10H2,1-6H3;1-2H3. The summed E-state index contributed by atoms with van der Waals surface area (Å²) in [5, 5.41) is 3.23. The third-order valence-corrected chi connectivity index (χ3v) is 2.77. The minimum absolute atomic E-state index is 0.256. The molecule has 0 rings (SSSR count). The highest BCUT2D eigenvalue weighted by Crippen LogP contribution is 2.36. The highest BCUT2D eigenvalue weighted by Gasteiger charge is 2.28. The van der Waals surface area contributed by atoms with Gasteiger partial charge in [0.25, 0.3) is 0 Å². The summed E-state index contributed by atoms with van der Waals surface area (Å²) in [4.78, 5) is 11.0. The molecule has 104 valence electrons. The van der Waals surface area contributed by atoms with Crippen molar-refractivity contribution in [2.45, 2.75) is 67.7 Å². The predicted molar refractivity (Wildman–Crippen MR) is 77.4 cm³/mol. The van der Waals surface area contributed by atoms with Gasteiger partial charge in [0, 0.05) is 6.42 Å². The van der Waals surface area contributed by atoms with Crippen molar-refractivity contribution in [3.8, 4) is 0 Å². The lowest BCUT2D eigenvalue weighted by atomic mass is 9.72. The molecule has 0 radical (unpaired) electrons. The number of Topliss-reactive ketones (excluding diaryl/α,β-unsaturated/α-hetero) is 1. The fraction of sp³-hybridized carbons (Fsp3) is 0.933. The maximum atomic E-state index is 11.0. The lowest BCUT2D eigenvalue weighted by Gasteiger charge is -2.35. The zero-order valence-corrected chi connectivity index (χ0v) is 13.2. The van der Waals surface area contributed by atoms with E-state index in [1.807, 2.05) is 20.9 Å². The largest absolute Gasteiger partial charge is 0.319 e. The van der Waals surface area contributed by atoms with Gasteiger partial charge in [0.05, 0.1) is 0 Å². The van der Waals surface area contributed by atoms with E-state index in [1.54, 1.807) is 6.92 Å². The molecule has 0 bridgehead atoms. The molecule has 0 atom stereocenters. The van der Waals surface area contributed by atoms with Gasteiger partial charge < -0.3 is 10.1 Å². The molecule has 0 aromatic heterocycles. The monoisotopic (exact) mass is 243 g/mol. The molecular formula is C15H33NO. The number of ketones is 1. The third kappa shape index (κ3) is 11.9. The SMILES string of the molecule is CC.CNCC(C)(C)CC(C)(C)CCC(C)=O. The van der Waals surface area contributed by atoms with Gasteiger partial charge in [-0.3, -0.25) is 0 Å². The van der Waals surface area contributed by atoms with Crippen LogP contribution in [-0.4, -0.2) is 19.4 Å². The minimum atomic E-state index is 0.256. The molecule has 0 aliphatic carbocycles. The summed E-state index contributed by atoms with van der Waals surface area (Å²) in [6, 6.07) is 0. The van der Waals surface area contributed by atoms with Gasteiger partial charge in [0.2, 0.25) is 0 Å². The normalized spacial score (nSPS) is 11.8. The third-order valence-electron chi connectivity index (χ3n) is 2.77. The Morgan fingerprint density at radius 2 is 1.53 bits per heavy atom. The Kier molecular flexibility index (Phi) is 9.69. The fourth-order valence-electron chi connectivity index (χ4n) is 2.44. The van der Waals surface area contributed by atoms with Crippen LogP contribution in [0, 0.1) is 10.8 Å². The van der Waals surface area contributed by atoms with Crippen molar-refractivity contribution in [2.75, 3.05) is 13.6 Å². The van der Waals surface area contributed by atoms with Gasteiger partial charge in [-0.05, 0) is 44.2 Å². The minimum Gasteiger partial charge on any atom is -0.319 e. The van der Waals surface area contributed by atoms with Crippen LogP contribution in [0.2, 0.25) is 0 Å². The first-order valence-corrected chi connectivity index (χ1v) is 6.83. The van der Waals surface area contributed by atoms with E-state index < -0.39 is 0 Å². The van der Waals surface area contributed by atoms with Crippen LogP contribution in [0.1, 0.15) is 67.7 Å². The Bertz CT molecular complexity index is 207. The van der Waals surface area contributed by atoms with E-state index in [1.165, 1.54) is 0 Å². The van der Waals surface area contributed by atoms with Crippen LogP contribution in [-0.2, 0) is 4.79 Å². The van der Waals surface area contributed by atoms with Gasteiger partial charge in [-0.2, -0.15) is 0 Å². The van der Waals surface area contributed by atoms with Crippen LogP contribution in [0.25, 0.3) is 0 Å². The Hall–Kier alpha value is -0.370. The quantitative estimate of drug-likeness (QED) is 0.731. The van der Waals surface area contributed by atoms with Crippen molar-refractivity contribution in [1.82, 2.24) is 5.32 Å². The van der Waals surface area contributed by atoms with E-state index in [4.69, 9.17) is 0 Å². The molecule has 0 aliphatic heterocycles. The number of carbonyl (C=O) groups is 1. The van der Waals surface area contributed by atoms with Gasteiger partial charge >= 0.3 is 0 Å². The number of hydrogen-bond donors (Lipinski definition) is 1. The molecule has 2 nitrogen and oxygen atoms in total. The highest BCUT2D eigenvalue weighted by atomic mass is 16.1. The van der Waals surface area contributed by atoms with Crippen LogP contribution in [0.4, 0.5) is 0 Å². The van der Waals surface area contributed by atoms with Crippen molar-refractivity contribution < 1.29 is 4.79 Å². The van der Waals surface area contributed by atoms with Crippen molar-refractivity contribution in [3.05, 3.63) is 0 Å². The molecule has 0 aromatic carbocycles. The van der Waals surface area contributed by atoms with Gasteiger partial charge in [-0.25, -0.2) is 0 Å². The highest BCUT2D eigenvalue weighted by molar-refractivity contribution is 5.75. The maximum Gasteiger partial charge on any atom is 0.129 e. The van der Waals surface area contributed by atoms with Gasteiger partial charge in [0.1, 0.15) is 5.78 Å². The summed E-state index contributed by atoms with van der Waals surface area (Å²) in [6.07, 6.45) is 2.85. The molecule has 0 aliphatic rings. The number of carbonyl (C=O) groups excluding carboxylic acids is 1. The first kappa shape index (κ1) is 19.0. The summed E-state index contributed by atoms with van der Waals surface area (Å²) < 4.78 is 0. The fourth-order valence-corrected chi connectivity index (χ4v) is 2.44. The van der Waals surface area contributed by atoms with E-state index in [0.717, 1.165) is 19.4 Å². The van der Waals surface area contributed by atoms with Crippen molar-refractivity contribution in [2.24, 2.45) is 10.8 Å². The number of rotatable bonds is 7. The summed E-state index contributed by atoms with van der Waals surface area (Å²) in [5.41, 5.74) is 0.557. The zero-order valence-electron chi connectivity index (χ0n) is 13.2. The smallest absolute Gasteiger partial charge is 0.129 e. The van der Waals surface area contributed by atoms with Crippen LogP contribution < -0.4 is 5.32 Å². The average molecular weight is 243 g/mol. The first-order chi connectivity index (χ1) is 7.68. The lowest BCUT2D eigenvalue weighted by molar-refractivity contribution is -0.117. The average Bonchev–Trinajstić information content (AvgIpc) is 2.16. The van der Waals surface area contributed by atoms with Crippen LogP contribution in [0.3, 0.4) is 0 Å². The van der Waals surface area contributed by atoms with Crippen LogP contribution >= 0.6 is 0 Å². The van der Waals surface area contributed by atoms with Gasteiger partial charge in [0.15, 0.2) is 0 Å². The molecular weight excluding hydrogens is 210 g/mol. The lowest BCUT2D eigenvalue weighted by Crippen LogP contribution is -2.32. The Balaban J connectivity index is 0. The van der Waals surface area contributed by atoms with Crippen LogP contribution in [0.5, 0.6) is 0 Å². The first-order valence-electron chi connectivity index (χ1n) is 6.83. The van der Waals surface area contributed by atoms with E-state index in [-0.39, 0.29) is 5.41 Å². The summed E-state index contributed by atoms with van der Waals surface area (Å²) in [6.45, 7) is 15.8. The molecule has 0 saturated heterocycles. The molecule has 2 heteroatoms. The Morgan fingerprint density at radius 3 is 1.88 bits per heavy atom. The molecule has 17 heavy (non-hydrogen) atoms.